The lowest BCUT2D eigenvalue weighted by molar-refractivity contribution is 0.0950. The molecule has 6 nitrogen and oxygen atoms in total. The Morgan fingerprint density at radius 3 is 2.68 bits per heavy atom. The fraction of sp³-hybridized carbons (Fsp3) is 0.0476. The van der Waals surface area contributed by atoms with E-state index >= 15 is 0 Å². The Kier molecular flexibility index (Phi) is 6.29. The van der Waals surface area contributed by atoms with Gasteiger partial charge in [-0.3, -0.25) is 4.79 Å². The number of phenols is 2. The van der Waals surface area contributed by atoms with Crippen LogP contribution in [0.2, 0.25) is 0 Å². The van der Waals surface area contributed by atoms with Gasteiger partial charge in [0, 0.05) is 16.1 Å². The first-order chi connectivity index (χ1) is 13.5. The molecule has 3 aromatic carbocycles. The number of hydrogen-bond acceptors (Lipinski definition) is 5. The van der Waals surface area contributed by atoms with Crippen molar-refractivity contribution in [1.82, 2.24) is 5.43 Å². The van der Waals surface area contributed by atoms with E-state index in [1.165, 1.54) is 24.4 Å². The summed E-state index contributed by atoms with van der Waals surface area (Å²) in [6, 6.07) is 18.7. The molecule has 0 fully saturated rings. The molecule has 0 aliphatic carbocycles. The molecule has 3 aromatic rings. The molecule has 1 amide bonds. The predicted molar refractivity (Wildman–Crippen MR) is 110 cm³/mol. The number of nitrogens with one attached hydrogen (secondary N) is 1. The Morgan fingerprint density at radius 2 is 1.89 bits per heavy atom. The van der Waals surface area contributed by atoms with Crippen LogP contribution in [0.1, 0.15) is 21.5 Å². The number of rotatable bonds is 6. The van der Waals surface area contributed by atoms with E-state index in [0.29, 0.717) is 23.5 Å². The highest BCUT2D eigenvalue weighted by Crippen LogP contribution is 2.22. The summed E-state index contributed by atoms with van der Waals surface area (Å²) in [5.41, 5.74) is 4.07. The Labute approximate surface area is 170 Å². The molecule has 0 saturated heterocycles. The molecular formula is C21H17BrN2O4. The van der Waals surface area contributed by atoms with E-state index in [9.17, 15) is 15.0 Å². The van der Waals surface area contributed by atoms with E-state index in [0.717, 1.165) is 10.0 Å². The maximum absolute atomic E-state index is 12.4. The van der Waals surface area contributed by atoms with Crippen LogP contribution in [0, 0.1) is 0 Å². The molecule has 3 N–H and O–H groups in total. The number of hydrogen-bond donors (Lipinski definition) is 3. The third kappa shape index (κ3) is 5.11. The Bertz CT molecular complexity index is 1020. The zero-order valence-electron chi connectivity index (χ0n) is 14.7. The molecule has 28 heavy (non-hydrogen) atoms. The van der Waals surface area contributed by atoms with Gasteiger partial charge < -0.3 is 14.9 Å². The molecule has 0 unspecified atom stereocenters. The van der Waals surface area contributed by atoms with Crippen molar-refractivity contribution >= 4 is 28.1 Å². The van der Waals surface area contributed by atoms with Crippen molar-refractivity contribution in [3.05, 3.63) is 87.9 Å². The number of carbonyl (C=O) groups is 1. The van der Waals surface area contributed by atoms with Crippen LogP contribution >= 0.6 is 15.9 Å². The van der Waals surface area contributed by atoms with Crippen molar-refractivity contribution in [2.24, 2.45) is 5.10 Å². The van der Waals surface area contributed by atoms with Gasteiger partial charge in [-0.2, -0.15) is 5.10 Å². The van der Waals surface area contributed by atoms with Crippen LogP contribution in [0.4, 0.5) is 0 Å². The summed E-state index contributed by atoms with van der Waals surface area (Å²) in [6.45, 7) is 0.314. The lowest BCUT2D eigenvalue weighted by Gasteiger charge is -2.10. The van der Waals surface area contributed by atoms with Crippen LogP contribution in [0.25, 0.3) is 0 Å². The van der Waals surface area contributed by atoms with Crippen LogP contribution < -0.4 is 10.2 Å². The van der Waals surface area contributed by atoms with E-state index in [2.05, 4.69) is 26.5 Å². The molecule has 0 saturated carbocycles. The summed E-state index contributed by atoms with van der Waals surface area (Å²) >= 11 is 3.42. The van der Waals surface area contributed by atoms with Crippen LogP contribution in [0.5, 0.6) is 17.2 Å². The molecule has 0 bridgehead atoms. The highest BCUT2D eigenvalue weighted by atomic mass is 79.9. The fourth-order valence-electron chi connectivity index (χ4n) is 2.43. The van der Waals surface area contributed by atoms with Crippen molar-refractivity contribution in [3.8, 4) is 17.2 Å². The Morgan fingerprint density at radius 1 is 1.07 bits per heavy atom. The number of amides is 1. The second kappa shape index (κ2) is 9.05. The number of aromatic hydroxyl groups is 2. The van der Waals surface area contributed by atoms with Crippen molar-refractivity contribution in [1.29, 1.82) is 0 Å². The number of carbonyl (C=O) groups excluding carboxylic acids is 1. The minimum absolute atomic E-state index is 0.0600. The van der Waals surface area contributed by atoms with E-state index in [1.807, 2.05) is 24.3 Å². The molecule has 0 aromatic heterocycles. The lowest BCUT2D eigenvalue weighted by atomic mass is 10.2. The van der Waals surface area contributed by atoms with Gasteiger partial charge in [-0.25, -0.2) is 5.43 Å². The molecule has 0 spiro atoms. The van der Waals surface area contributed by atoms with Crippen LogP contribution in [0.15, 0.2) is 76.3 Å². The van der Waals surface area contributed by atoms with Gasteiger partial charge in [0.25, 0.3) is 5.91 Å². The largest absolute Gasteiger partial charge is 0.508 e. The first-order valence-corrected chi connectivity index (χ1v) is 9.14. The van der Waals surface area contributed by atoms with Crippen molar-refractivity contribution in [2.45, 2.75) is 6.61 Å². The van der Waals surface area contributed by atoms with E-state index < -0.39 is 5.91 Å². The number of ether oxygens (including phenoxy) is 1. The molecule has 0 aliphatic rings. The standard InChI is InChI=1S/C21H17BrN2O4/c22-16-5-3-4-14(10-16)13-28-20-7-2-1-6-18(20)21(27)24-23-12-15-8-9-17(25)11-19(15)26/h1-12,25-26H,13H2,(H,24,27)/b23-12-. The molecule has 3 rings (SSSR count). The zero-order chi connectivity index (χ0) is 19.9. The van der Waals surface area contributed by atoms with Crippen LogP contribution in [-0.2, 0) is 6.61 Å². The van der Waals surface area contributed by atoms with E-state index in [1.54, 1.807) is 24.3 Å². The van der Waals surface area contributed by atoms with Gasteiger partial charge >= 0.3 is 0 Å². The molecule has 0 radical (unpaired) electrons. The van der Waals surface area contributed by atoms with Gasteiger partial charge in [0.2, 0.25) is 0 Å². The fourth-order valence-corrected chi connectivity index (χ4v) is 2.88. The van der Waals surface area contributed by atoms with Crippen molar-refractivity contribution in [2.75, 3.05) is 0 Å². The summed E-state index contributed by atoms with van der Waals surface area (Å²) in [7, 11) is 0. The average Bonchev–Trinajstić information content (AvgIpc) is 2.68. The molecule has 0 aliphatic heterocycles. The van der Waals surface area contributed by atoms with Crippen molar-refractivity contribution in [3.63, 3.8) is 0 Å². The summed E-state index contributed by atoms with van der Waals surface area (Å²) in [5, 5.41) is 22.9. The van der Waals surface area contributed by atoms with Gasteiger partial charge in [-0.05, 0) is 42.0 Å². The van der Waals surface area contributed by atoms with Gasteiger partial charge in [0.05, 0.1) is 11.8 Å². The van der Waals surface area contributed by atoms with Crippen LogP contribution in [-0.4, -0.2) is 22.3 Å². The maximum atomic E-state index is 12.4. The van der Waals surface area contributed by atoms with E-state index in [4.69, 9.17) is 4.74 Å². The summed E-state index contributed by atoms with van der Waals surface area (Å²) in [4.78, 5) is 12.4. The van der Waals surface area contributed by atoms with Gasteiger partial charge in [0.15, 0.2) is 0 Å². The molecule has 0 atom stereocenters. The average molecular weight is 441 g/mol. The number of nitrogens with zero attached hydrogens (tertiary/aromatic N) is 1. The number of phenolic OH excluding ortho intramolecular Hbond substituents is 2. The normalized spacial score (nSPS) is 10.8. The minimum Gasteiger partial charge on any atom is -0.508 e. The predicted octanol–water partition coefficient (Wildman–Crippen LogP) is 4.20. The Hall–Kier alpha value is -3.32. The van der Waals surface area contributed by atoms with Crippen molar-refractivity contribution < 1.29 is 19.7 Å². The minimum atomic E-state index is -0.445. The Balaban J connectivity index is 1.67. The molecule has 0 heterocycles. The van der Waals surface area contributed by atoms with E-state index in [-0.39, 0.29) is 11.5 Å². The quantitative estimate of drug-likeness (QED) is 0.395. The maximum Gasteiger partial charge on any atom is 0.275 e. The molecule has 142 valence electrons. The third-order valence-corrected chi connectivity index (χ3v) is 4.29. The third-order valence-electron chi connectivity index (χ3n) is 3.80. The SMILES string of the molecule is O=C(N/N=C\c1ccc(O)cc1O)c1ccccc1OCc1cccc(Br)c1. The summed E-state index contributed by atoms with van der Waals surface area (Å²) in [6.07, 6.45) is 1.29. The molecule has 7 heteroatoms. The van der Waals surface area contributed by atoms with Gasteiger partial charge in [-0.15, -0.1) is 0 Å². The lowest BCUT2D eigenvalue weighted by Crippen LogP contribution is -2.18. The smallest absolute Gasteiger partial charge is 0.275 e. The number of benzene rings is 3. The first kappa shape index (κ1) is 19.4. The summed E-state index contributed by atoms with van der Waals surface area (Å²) < 4.78 is 6.75. The second-order valence-electron chi connectivity index (χ2n) is 5.86. The summed E-state index contributed by atoms with van der Waals surface area (Å²) in [5.74, 6) is -0.215. The highest BCUT2D eigenvalue weighted by molar-refractivity contribution is 9.10. The number of halogens is 1. The van der Waals surface area contributed by atoms with Gasteiger partial charge in [-0.1, -0.05) is 40.2 Å². The first-order valence-electron chi connectivity index (χ1n) is 8.34. The highest BCUT2D eigenvalue weighted by Gasteiger charge is 2.11. The number of hydrazone groups is 1. The van der Waals surface area contributed by atoms with Crippen LogP contribution in [0.3, 0.4) is 0 Å². The zero-order valence-corrected chi connectivity index (χ0v) is 16.3. The van der Waals surface area contributed by atoms with Gasteiger partial charge in [0.1, 0.15) is 23.9 Å². The monoisotopic (exact) mass is 440 g/mol. The topological polar surface area (TPSA) is 91.2 Å². The number of para-hydroxylation sites is 1. The molecular weight excluding hydrogens is 424 g/mol. The second-order valence-corrected chi connectivity index (χ2v) is 6.77.